The number of aliphatic hydroxyl groups excluding tert-OH is 1. The van der Waals surface area contributed by atoms with Crippen LogP contribution in [0.15, 0.2) is 96.4 Å². The van der Waals surface area contributed by atoms with E-state index in [1.807, 2.05) is 92.0 Å². The van der Waals surface area contributed by atoms with Gasteiger partial charge in [-0.1, -0.05) is 66.7 Å². The molecule has 0 saturated heterocycles. The third-order valence-corrected chi connectivity index (χ3v) is 6.28. The van der Waals surface area contributed by atoms with Crippen molar-refractivity contribution in [3.05, 3.63) is 113 Å². The van der Waals surface area contributed by atoms with Crippen molar-refractivity contribution in [2.24, 2.45) is 0 Å². The average molecular weight is 437 g/mol. The zero-order chi connectivity index (χ0) is 22.9. The van der Waals surface area contributed by atoms with Crippen molar-refractivity contribution < 1.29 is 14.7 Å². The highest BCUT2D eigenvalue weighted by Gasteiger charge is 2.45. The van der Waals surface area contributed by atoms with Gasteiger partial charge in [-0.25, -0.2) is 0 Å². The summed E-state index contributed by atoms with van der Waals surface area (Å²) in [7, 11) is 0. The van der Waals surface area contributed by atoms with Crippen LogP contribution in [-0.2, 0) is 16.0 Å². The SMILES string of the molecule is Cc1ccccc1N1C(=O)C(O)=C(C(=O)CCc2ccccc2)C1c1c[nH]c2ccccc12. The lowest BCUT2D eigenvalue weighted by atomic mass is 9.92. The van der Waals surface area contributed by atoms with Gasteiger partial charge in [0, 0.05) is 34.8 Å². The number of para-hydroxylation sites is 2. The number of anilines is 1. The van der Waals surface area contributed by atoms with Crippen LogP contribution in [0.1, 0.15) is 29.2 Å². The highest BCUT2D eigenvalue weighted by Crippen LogP contribution is 2.44. The van der Waals surface area contributed by atoms with E-state index < -0.39 is 17.7 Å². The van der Waals surface area contributed by atoms with Gasteiger partial charge in [-0.05, 0) is 36.6 Å². The molecule has 1 unspecified atom stereocenters. The summed E-state index contributed by atoms with van der Waals surface area (Å²) in [6.07, 6.45) is 2.57. The number of aromatic nitrogens is 1. The van der Waals surface area contributed by atoms with Crippen LogP contribution in [0.5, 0.6) is 0 Å². The van der Waals surface area contributed by atoms with Gasteiger partial charge in [0.05, 0.1) is 11.6 Å². The van der Waals surface area contributed by atoms with E-state index >= 15 is 0 Å². The fraction of sp³-hybridized carbons (Fsp3) is 0.143. The third kappa shape index (κ3) is 3.61. The van der Waals surface area contributed by atoms with E-state index in [0.29, 0.717) is 12.1 Å². The van der Waals surface area contributed by atoms with Gasteiger partial charge < -0.3 is 10.1 Å². The van der Waals surface area contributed by atoms with Gasteiger partial charge in [-0.15, -0.1) is 0 Å². The van der Waals surface area contributed by atoms with Crippen molar-refractivity contribution in [3.63, 3.8) is 0 Å². The average Bonchev–Trinajstić information content (AvgIpc) is 3.37. The molecule has 5 rings (SSSR count). The second-order valence-electron chi connectivity index (χ2n) is 8.32. The van der Waals surface area contributed by atoms with Crippen molar-refractivity contribution in [1.82, 2.24) is 4.98 Å². The summed E-state index contributed by atoms with van der Waals surface area (Å²) in [5.74, 6) is -1.25. The van der Waals surface area contributed by atoms with Crippen molar-refractivity contribution in [3.8, 4) is 0 Å². The van der Waals surface area contributed by atoms with Crippen LogP contribution < -0.4 is 4.90 Å². The molecule has 33 heavy (non-hydrogen) atoms. The second kappa shape index (κ2) is 8.43. The summed E-state index contributed by atoms with van der Waals surface area (Å²) < 4.78 is 0. The highest BCUT2D eigenvalue weighted by atomic mass is 16.3. The molecule has 5 heteroatoms. The van der Waals surface area contributed by atoms with E-state index in [1.54, 1.807) is 4.90 Å². The fourth-order valence-corrected chi connectivity index (χ4v) is 4.62. The van der Waals surface area contributed by atoms with Gasteiger partial charge in [0.15, 0.2) is 11.5 Å². The van der Waals surface area contributed by atoms with Gasteiger partial charge in [-0.3, -0.25) is 14.5 Å². The Kier molecular flexibility index (Phi) is 5.31. The monoisotopic (exact) mass is 436 g/mol. The number of nitrogens with zero attached hydrogens (tertiary/aromatic N) is 1. The van der Waals surface area contributed by atoms with Crippen molar-refractivity contribution in [2.75, 3.05) is 4.90 Å². The number of fused-ring (bicyclic) bond motifs is 1. The molecule has 1 aromatic heterocycles. The number of aromatic amines is 1. The molecule has 0 spiro atoms. The lowest BCUT2D eigenvalue weighted by Crippen LogP contribution is -2.31. The number of hydrogen-bond donors (Lipinski definition) is 2. The van der Waals surface area contributed by atoms with Crippen LogP contribution in [0.25, 0.3) is 10.9 Å². The second-order valence-corrected chi connectivity index (χ2v) is 8.32. The summed E-state index contributed by atoms with van der Waals surface area (Å²) in [4.78, 5) is 31.6. The summed E-state index contributed by atoms with van der Waals surface area (Å²) in [6, 6.07) is 24.3. The van der Waals surface area contributed by atoms with Crippen molar-refractivity contribution in [1.29, 1.82) is 0 Å². The topological polar surface area (TPSA) is 73.4 Å². The minimum absolute atomic E-state index is 0.156. The number of Topliss-reactive ketones (excluding diaryl/α,β-unsaturated/α-hetero) is 1. The first-order valence-corrected chi connectivity index (χ1v) is 11.0. The predicted molar refractivity (Wildman–Crippen MR) is 129 cm³/mol. The van der Waals surface area contributed by atoms with Gasteiger partial charge in [0.25, 0.3) is 5.91 Å². The number of rotatable bonds is 6. The molecule has 2 N–H and O–H groups in total. The van der Waals surface area contributed by atoms with Crippen LogP contribution in [0.3, 0.4) is 0 Å². The molecule has 1 aliphatic heterocycles. The minimum atomic E-state index is -0.710. The van der Waals surface area contributed by atoms with Gasteiger partial charge in [0.1, 0.15) is 0 Å². The molecule has 1 amide bonds. The third-order valence-electron chi connectivity index (χ3n) is 6.28. The Morgan fingerprint density at radius 3 is 2.45 bits per heavy atom. The molecule has 1 atom stereocenters. The summed E-state index contributed by atoms with van der Waals surface area (Å²) in [5, 5.41) is 11.9. The van der Waals surface area contributed by atoms with Crippen LogP contribution in [0, 0.1) is 6.92 Å². The molecule has 1 aliphatic rings. The molecule has 164 valence electrons. The number of amides is 1. The Balaban J connectivity index is 1.60. The molecular formula is C28H24N2O3. The van der Waals surface area contributed by atoms with E-state index in [2.05, 4.69) is 4.98 Å². The number of H-pyrrole nitrogens is 1. The summed E-state index contributed by atoms with van der Waals surface area (Å²) >= 11 is 0. The van der Waals surface area contributed by atoms with Crippen LogP contribution in [0.4, 0.5) is 5.69 Å². The largest absolute Gasteiger partial charge is 0.503 e. The Hall–Kier alpha value is -4.12. The van der Waals surface area contributed by atoms with Crippen LogP contribution in [0.2, 0.25) is 0 Å². The van der Waals surface area contributed by atoms with Gasteiger partial charge in [0.2, 0.25) is 0 Å². The van der Waals surface area contributed by atoms with E-state index in [4.69, 9.17) is 0 Å². The normalized spacial score (nSPS) is 16.1. The number of benzene rings is 3. The molecule has 0 aliphatic carbocycles. The zero-order valence-corrected chi connectivity index (χ0v) is 18.3. The molecular weight excluding hydrogens is 412 g/mol. The summed E-state index contributed by atoms with van der Waals surface area (Å²) in [6.45, 7) is 1.92. The highest BCUT2D eigenvalue weighted by molar-refractivity contribution is 6.17. The molecule has 0 radical (unpaired) electrons. The Bertz CT molecular complexity index is 1380. The lowest BCUT2D eigenvalue weighted by Gasteiger charge is -2.27. The van der Waals surface area contributed by atoms with Gasteiger partial charge >= 0.3 is 0 Å². The molecule has 5 nitrogen and oxygen atoms in total. The molecule has 2 heterocycles. The molecule has 0 bridgehead atoms. The number of aliphatic hydroxyl groups is 1. The summed E-state index contributed by atoms with van der Waals surface area (Å²) in [5.41, 5.74) is 4.46. The van der Waals surface area contributed by atoms with E-state index in [-0.39, 0.29) is 17.8 Å². The Morgan fingerprint density at radius 1 is 0.970 bits per heavy atom. The van der Waals surface area contributed by atoms with Gasteiger partial charge in [-0.2, -0.15) is 0 Å². The number of carbonyl (C=O) groups is 2. The maximum atomic E-state index is 13.5. The quantitative estimate of drug-likeness (QED) is 0.414. The number of ketones is 1. The molecule has 0 fully saturated rings. The minimum Gasteiger partial charge on any atom is -0.503 e. The van der Waals surface area contributed by atoms with E-state index in [1.165, 1.54) is 0 Å². The molecule has 4 aromatic rings. The number of aryl methyl sites for hydroxylation is 2. The standard InChI is InChI=1S/C28H24N2O3/c1-18-9-5-8-14-23(18)30-26(21-17-29-22-13-7-6-12-20(21)22)25(27(32)28(30)33)24(31)16-15-19-10-3-2-4-11-19/h2-14,17,26,29,32H,15-16H2,1H3. The predicted octanol–water partition coefficient (Wildman–Crippen LogP) is 5.58. The van der Waals surface area contributed by atoms with Crippen LogP contribution >= 0.6 is 0 Å². The fourth-order valence-electron chi connectivity index (χ4n) is 4.62. The zero-order valence-electron chi connectivity index (χ0n) is 18.3. The van der Waals surface area contributed by atoms with Crippen LogP contribution in [-0.4, -0.2) is 21.8 Å². The first kappa shape index (κ1) is 20.8. The smallest absolute Gasteiger partial charge is 0.294 e. The Labute approximate surface area is 192 Å². The number of carbonyl (C=O) groups excluding carboxylic acids is 2. The van der Waals surface area contributed by atoms with Crippen molar-refractivity contribution in [2.45, 2.75) is 25.8 Å². The van der Waals surface area contributed by atoms with E-state index in [9.17, 15) is 14.7 Å². The number of hydrogen-bond acceptors (Lipinski definition) is 3. The molecule has 0 saturated carbocycles. The van der Waals surface area contributed by atoms with Crippen molar-refractivity contribution >= 4 is 28.3 Å². The maximum absolute atomic E-state index is 13.5. The Morgan fingerprint density at radius 2 is 1.67 bits per heavy atom. The number of nitrogens with one attached hydrogen (secondary N) is 1. The maximum Gasteiger partial charge on any atom is 0.294 e. The van der Waals surface area contributed by atoms with E-state index in [0.717, 1.165) is 27.6 Å². The first-order chi connectivity index (χ1) is 16.1. The molecule has 3 aromatic carbocycles. The lowest BCUT2D eigenvalue weighted by molar-refractivity contribution is -0.118. The first-order valence-electron chi connectivity index (χ1n) is 11.0.